The van der Waals surface area contributed by atoms with Crippen LogP contribution in [0.4, 0.5) is 0 Å². The molecule has 0 N–H and O–H groups in total. The summed E-state index contributed by atoms with van der Waals surface area (Å²) in [6.07, 6.45) is 7.03. The third-order valence-corrected chi connectivity index (χ3v) is 6.40. The van der Waals surface area contributed by atoms with Crippen LogP contribution >= 0.6 is 0 Å². The highest BCUT2D eigenvalue weighted by Crippen LogP contribution is 2.31. The van der Waals surface area contributed by atoms with Crippen LogP contribution in [0.25, 0.3) is 0 Å². The van der Waals surface area contributed by atoms with Crippen LogP contribution in [-0.4, -0.2) is 21.8 Å². The number of hydrogen-bond donors (Lipinski definition) is 0. The fourth-order valence-electron chi connectivity index (χ4n) is 2.69. The van der Waals surface area contributed by atoms with Gasteiger partial charge in [0.05, 0.1) is 0 Å². The minimum Gasteiger partial charge on any atom is -0.395 e. The van der Waals surface area contributed by atoms with Gasteiger partial charge in [0.2, 0.25) is 0 Å². The summed E-state index contributed by atoms with van der Waals surface area (Å²) in [5.74, 6) is 0.869. The largest absolute Gasteiger partial charge is 0.395 e. The van der Waals surface area contributed by atoms with Gasteiger partial charge in [0, 0.05) is 13.2 Å². The Labute approximate surface area is 95.6 Å². The standard InChI is InChI=1S/C12H26O2Si/c1-4-13-15(3,14-5-2)11-12-9-7-6-8-10-12/h12H,4-11H2,1-3H3. The van der Waals surface area contributed by atoms with E-state index in [1.165, 1.54) is 38.1 Å². The summed E-state index contributed by atoms with van der Waals surface area (Å²) in [6, 6.07) is 1.20. The monoisotopic (exact) mass is 230 g/mol. The lowest BCUT2D eigenvalue weighted by molar-refractivity contribution is 0.179. The van der Waals surface area contributed by atoms with Crippen LogP contribution in [0.3, 0.4) is 0 Å². The molecule has 0 bridgehead atoms. The molecule has 0 amide bonds. The summed E-state index contributed by atoms with van der Waals surface area (Å²) in [5.41, 5.74) is 0. The van der Waals surface area contributed by atoms with Crippen molar-refractivity contribution in [2.24, 2.45) is 5.92 Å². The Hall–Kier alpha value is 0.137. The summed E-state index contributed by atoms with van der Waals surface area (Å²) >= 11 is 0. The van der Waals surface area contributed by atoms with Gasteiger partial charge >= 0.3 is 8.56 Å². The molecule has 0 spiro atoms. The van der Waals surface area contributed by atoms with Crippen LogP contribution in [-0.2, 0) is 8.85 Å². The van der Waals surface area contributed by atoms with Crippen LogP contribution < -0.4 is 0 Å². The number of rotatable bonds is 6. The SMILES string of the molecule is CCO[Si](C)(CC1CCCCC1)OCC. The first-order valence-electron chi connectivity index (χ1n) is 6.48. The molecule has 15 heavy (non-hydrogen) atoms. The average Bonchev–Trinajstić information content (AvgIpc) is 2.19. The molecule has 1 aliphatic rings. The lowest BCUT2D eigenvalue weighted by Gasteiger charge is -2.31. The zero-order valence-electron chi connectivity index (χ0n) is 10.6. The van der Waals surface area contributed by atoms with E-state index < -0.39 is 8.56 Å². The van der Waals surface area contributed by atoms with Gasteiger partial charge in [0.25, 0.3) is 0 Å². The van der Waals surface area contributed by atoms with Crippen molar-refractivity contribution < 1.29 is 8.85 Å². The van der Waals surface area contributed by atoms with Crippen molar-refractivity contribution in [2.45, 2.75) is 58.5 Å². The Bertz CT molecular complexity index is 161. The Morgan fingerprint density at radius 3 is 2.00 bits per heavy atom. The van der Waals surface area contributed by atoms with Gasteiger partial charge in [0.15, 0.2) is 0 Å². The molecule has 0 atom stereocenters. The molecule has 0 aromatic rings. The highest BCUT2D eigenvalue weighted by molar-refractivity contribution is 6.66. The van der Waals surface area contributed by atoms with Crippen LogP contribution in [0.2, 0.25) is 12.6 Å². The molecular formula is C12H26O2Si. The van der Waals surface area contributed by atoms with Crippen molar-refractivity contribution in [2.75, 3.05) is 13.2 Å². The van der Waals surface area contributed by atoms with E-state index >= 15 is 0 Å². The Morgan fingerprint density at radius 1 is 1.00 bits per heavy atom. The maximum atomic E-state index is 5.89. The molecule has 0 heterocycles. The second kappa shape index (κ2) is 6.66. The fourth-order valence-corrected chi connectivity index (χ4v) is 5.68. The van der Waals surface area contributed by atoms with Crippen LogP contribution in [0.5, 0.6) is 0 Å². The fraction of sp³-hybridized carbons (Fsp3) is 1.00. The molecule has 0 unspecified atom stereocenters. The highest BCUT2D eigenvalue weighted by Gasteiger charge is 2.34. The van der Waals surface area contributed by atoms with Gasteiger partial charge in [-0.3, -0.25) is 0 Å². The van der Waals surface area contributed by atoms with E-state index in [0.29, 0.717) is 0 Å². The van der Waals surface area contributed by atoms with Crippen molar-refractivity contribution in [3.63, 3.8) is 0 Å². The molecule has 2 nitrogen and oxygen atoms in total. The molecule has 0 aromatic carbocycles. The minimum atomic E-state index is -1.84. The molecule has 1 rings (SSSR count). The molecule has 1 saturated carbocycles. The van der Waals surface area contributed by atoms with Gasteiger partial charge in [-0.1, -0.05) is 32.1 Å². The lowest BCUT2D eigenvalue weighted by Crippen LogP contribution is -2.41. The van der Waals surface area contributed by atoms with Crippen molar-refractivity contribution in [1.29, 1.82) is 0 Å². The van der Waals surface area contributed by atoms with E-state index in [1.54, 1.807) is 0 Å². The Kier molecular flexibility index (Phi) is 5.86. The Balaban J connectivity index is 2.40. The second-order valence-electron chi connectivity index (χ2n) is 4.71. The highest BCUT2D eigenvalue weighted by atomic mass is 28.4. The third kappa shape index (κ3) is 4.66. The van der Waals surface area contributed by atoms with Crippen LogP contribution in [0.1, 0.15) is 46.0 Å². The van der Waals surface area contributed by atoms with Gasteiger partial charge in [-0.2, -0.15) is 0 Å². The van der Waals surface area contributed by atoms with Gasteiger partial charge < -0.3 is 8.85 Å². The van der Waals surface area contributed by atoms with E-state index in [9.17, 15) is 0 Å². The van der Waals surface area contributed by atoms with E-state index in [0.717, 1.165) is 19.1 Å². The molecule has 0 radical (unpaired) electrons. The summed E-state index contributed by atoms with van der Waals surface area (Å²) in [7, 11) is -1.84. The molecule has 1 aliphatic carbocycles. The number of hydrogen-bond acceptors (Lipinski definition) is 2. The summed E-state index contributed by atoms with van der Waals surface area (Å²) < 4.78 is 11.8. The maximum absolute atomic E-state index is 5.89. The molecule has 0 saturated heterocycles. The summed E-state index contributed by atoms with van der Waals surface area (Å²) in [6.45, 7) is 7.98. The van der Waals surface area contributed by atoms with Gasteiger partial charge in [-0.05, 0) is 32.4 Å². The smallest absolute Gasteiger partial charge is 0.335 e. The van der Waals surface area contributed by atoms with Crippen LogP contribution in [0, 0.1) is 5.92 Å². The topological polar surface area (TPSA) is 18.5 Å². The predicted molar refractivity (Wildman–Crippen MR) is 66.3 cm³/mol. The van der Waals surface area contributed by atoms with Gasteiger partial charge in [-0.25, -0.2) is 0 Å². The molecule has 90 valence electrons. The zero-order valence-corrected chi connectivity index (χ0v) is 11.6. The zero-order chi connectivity index (χ0) is 11.1. The van der Waals surface area contributed by atoms with Crippen molar-refractivity contribution in [1.82, 2.24) is 0 Å². The maximum Gasteiger partial charge on any atom is 0.335 e. The quantitative estimate of drug-likeness (QED) is 0.648. The van der Waals surface area contributed by atoms with E-state index in [1.807, 2.05) is 0 Å². The molecular weight excluding hydrogens is 204 g/mol. The molecule has 1 fully saturated rings. The van der Waals surface area contributed by atoms with Crippen molar-refractivity contribution >= 4 is 8.56 Å². The van der Waals surface area contributed by atoms with E-state index in [4.69, 9.17) is 8.85 Å². The van der Waals surface area contributed by atoms with Crippen LogP contribution in [0.15, 0.2) is 0 Å². The third-order valence-electron chi connectivity index (χ3n) is 3.28. The molecule has 0 aromatic heterocycles. The first kappa shape index (κ1) is 13.2. The second-order valence-corrected chi connectivity index (χ2v) is 7.96. The normalized spacial score (nSPS) is 19.4. The first-order valence-corrected chi connectivity index (χ1v) is 9.00. The predicted octanol–water partition coefficient (Wildman–Crippen LogP) is 3.71. The summed E-state index contributed by atoms with van der Waals surface area (Å²) in [5, 5.41) is 0. The first-order chi connectivity index (χ1) is 7.20. The van der Waals surface area contributed by atoms with Gasteiger partial charge in [-0.15, -0.1) is 0 Å². The minimum absolute atomic E-state index is 0.801. The Morgan fingerprint density at radius 2 is 1.53 bits per heavy atom. The summed E-state index contributed by atoms with van der Waals surface area (Å²) in [4.78, 5) is 0. The molecule has 0 aliphatic heterocycles. The average molecular weight is 230 g/mol. The van der Waals surface area contributed by atoms with E-state index in [2.05, 4.69) is 20.4 Å². The van der Waals surface area contributed by atoms with Crippen molar-refractivity contribution in [3.8, 4) is 0 Å². The van der Waals surface area contributed by atoms with Gasteiger partial charge in [0.1, 0.15) is 0 Å². The van der Waals surface area contributed by atoms with Crippen molar-refractivity contribution in [3.05, 3.63) is 0 Å². The lowest BCUT2D eigenvalue weighted by atomic mass is 9.91. The van der Waals surface area contributed by atoms with E-state index in [-0.39, 0.29) is 0 Å². The molecule has 3 heteroatoms.